The Morgan fingerprint density at radius 3 is 2.58 bits per heavy atom. The van der Waals surface area contributed by atoms with Crippen LogP contribution in [0, 0.1) is 0 Å². The first kappa shape index (κ1) is 15.0. The van der Waals surface area contributed by atoms with Crippen molar-refractivity contribution < 1.29 is 4.74 Å². The summed E-state index contributed by atoms with van der Waals surface area (Å²) in [5.74, 6) is 0. The second-order valence-electron chi connectivity index (χ2n) is 4.10. The molecule has 0 radical (unpaired) electrons. The summed E-state index contributed by atoms with van der Waals surface area (Å²) in [5.41, 5.74) is 2.21. The highest BCUT2D eigenvalue weighted by Gasteiger charge is 2.11. The molecule has 0 aliphatic rings. The molecule has 0 saturated carbocycles. The fourth-order valence-electron chi connectivity index (χ4n) is 1.74. The monoisotopic (exact) mass is 402 g/mol. The molecule has 0 bridgehead atoms. The molecule has 2 rings (SSSR count). The molecule has 100 valence electrons. The molecule has 0 aliphatic carbocycles. The zero-order chi connectivity index (χ0) is 13.7. The fraction of sp³-hybridized carbons (Fsp3) is 0.200. The lowest BCUT2D eigenvalue weighted by Crippen LogP contribution is -2.06. The summed E-state index contributed by atoms with van der Waals surface area (Å²) < 4.78 is 7.03. The first-order valence-electron chi connectivity index (χ1n) is 5.87. The van der Waals surface area contributed by atoms with Gasteiger partial charge in [-0.25, -0.2) is 0 Å². The van der Waals surface area contributed by atoms with E-state index in [1.54, 1.807) is 0 Å². The van der Waals surface area contributed by atoms with E-state index in [9.17, 15) is 0 Å². The Labute approximate surface area is 135 Å². The molecule has 4 heteroatoms. The SMILES string of the molecule is Clc1cccc(C(CBr)OCc2ccccc2Br)c1. The molecule has 19 heavy (non-hydrogen) atoms. The lowest BCUT2D eigenvalue weighted by Gasteiger charge is -2.16. The third-order valence-corrected chi connectivity index (χ3v) is 4.36. The third-order valence-electron chi connectivity index (χ3n) is 2.76. The molecule has 0 amide bonds. The Morgan fingerprint density at radius 1 is 1.11 bits per heavy atom. The molecular weight excluding hydrogens is 391 g/mol. The zero-order valence-corrected chi connectivity index (χ0v) is 14.1. The van der Waals surface area contributed by atoms with Crippen LogP contribution >= 0.6 is 43.5 Å². The number of hydrogen-bond donors (Lipinski definition) is 0. The van der Waals surface area contributed by atoms with Gasteiger partial charge in [0.05, 0.1) is 12.7 Å². The molecule has 0 spiro atoms. The predicted molar refractivity (Wildman–Crippen MR) is 86.9 cm³/mol. The van der Waals surface area contributed by atoms with Crippen LogP contribution in [0.5, 0.6) is 0 Å². The van der Waals surface area contributed by atoms with Crippen LogP contribution in [0.4, 0.5) is 0 Å². The van der Waals surface area contributed by atoms with Crippen LogP contribution in [0.2, 0.25) is 5.02 Å². The summed E-state index contributed by atoms with van der Waals surface area (Å²) in [6.07, 6.45) is -0.00851. The fourth-order valence-corrected chi connectivity index (χ4v) is 2.90. The van der Waals surface area contributed by atoms with Gasteiger partial charge in [0.25, 0.3) is 0 Å². The smallest absolute Gasteiger partial charge is 0.0926 e. The van der Waals surface area contributed by atoms with Gasteiger partial charge >= 0.3 is 0 Å². The van der Waals surface area contributed by atoms with Gasteiger partial charge in [0, 0.05) is 14.8 Å². The molecule has 0 aromatic heterocycles. The van der Waals surface area contributed by atoms with Crippen molar-refractivity contribution in [3.05, 3.63) is 69.2 Å². The van der Waals surface area contributed by atoms with Gasteiger partial charge < -0.3 is 4.74 Å². The average Bonchev–Trinajstić information content (AvgIpc) is 2.41. The predicted octanol–water partition coefficient (Wildman–Crippen LogP) is 5.76. The molecule has 2 aromatic rings. The highest BCUT2D eigenvalue weighted by Crippen LogP contribution is 2.25. The number of halogens is 3. The number of ether oxygens (including phenoxy) is 1. The van der Waals surface area contributed by atoms with Crippen LogP contribution < -0.4 is 0 Å². The largest absolute Gasteiger partial charge is 0.368 e. The molecule has 0 fully saturated rings. The van der Waals surface area contributed by atoms with E-state index in [0.29, 0.717) is 6.61 Å². The Morgan fingerprint density at radius 2 is 1.89 bits per heavy atom. The van der Waals surface area contributed by atoms with E-state index in [-0.39, 0.29) is 6.10 Å². The molecule has 1 atom stereocenters. The van der Waals surface area contributed by atoms with E-state index in [1.165, 1.54) is 0 Å². The number of rotatable bonds is 5. The number of benzene rings is 2. The van der Waals surface area contributed by atoms with Crippen molar-refractivity contribution in [1.29, 1.82) is 0 Å². The van der Waals surface area contributed by atoms with Gasteiger partial charge in [-0.2, -0.15) is 0 Å². The standard InChI is InChI=1S/C15H13Br2ClO/c16-9-15(11-5-3-6-13(18)8-11)19-10-12-4-1-2-7-14(12)17/h1-8,15H,9-10H2. The molecule has 2 aromatic carbocycles. The van der Waals surface area contributed by atoms with Crippen molar-refractivity contribution in [3.63, 3.8) is 0 Å². The van der Waals surface area contributed by atoms with Crippen molar-refractivity contribution in [2.45, 2.75) is 12.7 Å². The molecule has 0 heterocycles. The zero-order valence-electron chi connectivity index (χ0n) is 10.2. The average molecular weight is 405 g/mol. The maximum absolute atomic E-state index is 6.01. The van der Waals surface area contributed by atoms with Crippen molar-refractivity contribution in [2.75, 3.05) is 5.33 Å². The number of hydrogen-bond acceptors (Lipinski definition) is 1. The minimum Gasteiger partial charge on any atom is -0.368 e. The Bertz CT molecular complexity index is 545. The van der Waals surface area contributed by atoms with E-state index in [2.05, 4.69) is 31.9 Å². The van der Waals surface area contributed by atoms with E-state index < -0.39 is 0 Å². The van der Waals surface area contributed by atoms with Crippen LogP contribution in [-0.4, -0.2) is 5.33 Å². The first-order chi connectivity index (χ1) is 9.20. The molecular formula is C15H13Br2ClO. The van der Waals surface area contributed by atoms with Crippen LogP contribution in [0.3, 0.4) is 0 Å². The van der Waals surface area contributed by atoms with Gasteiger partial charge in [0.1, 0.15) is 0 Å². The maximum atomic E-state index is 6.01. The molecule has 0 aliphatic heterocycles. The summed E-state index contributed by atoms with van der Waals surface area (Å²) in [6, 6.07) is 15.8. The highest BCUT2D eigenvalue weighted by atomic mass is 79.9. The minimum atomic E-state index is -0.00851. The van der Waals surface area contributed by atoms with Crippen molar-refractivity contribution >= 4 is 43.5 Å². The summed E-state index contributed by atoms with van der Waals surface area (Å²) in [6.45, 7) is 0.560. The summed E-state index contributed by atoms with van der Waals surface area (Å²) in [5, 5.41) is 1.46. The summed E-state index contributed by atoms with van der Waals surface area (Å²) >= 11 is 13.0. The second kappa shape index (κ2) is 7.44. The molecule has 0 N–H and O–H groups in total. The normalized spacial score (nSPS) is 12.4. The van der Waals surface area contributed by atoms with Gasteiger partial charge in [0.2, 0.25) is 0 Å². The highest BCUT2D eigenvalue weighted by molar-refractivity contribution is 9.10. The van der Waals surface area contributed by atoms with Gasteiger partial charge in [0.15, 0.2) is 0 Å². The second-order valence-corrected chi connectivity index (χ2v) is 6.04. The third kappa shape index (κ3) is 4.32. The van der Waals surface area contributed by atoms with Crippen molar-refractivity contribution in [2.24, 2.45) is 0 Å². The van der Waals surface area contributed by atoms with Gasteiger partial charge in [-0.3, -0.25) is 0 Å². The quantitative estimate of drug-likeness (QED) is 0.576. The lowest BCUT2D eigenvalue weighted by atomic mass is 10.1. The van der Waals surface area contributed by atoms with Crippen LogP contribution in [-0.2, 0) is 11.3 Å². The number of alkyl halides is 1. The Kier molecular flexibility index (Phi) is 5.89. The van der Waals surface area contributed by atoms with Crippen molar-refractivity contribution in [3.8, 4) is 0 Å². The Balaban J connectivity index is 2.06. The topological polar surface area (TPSA) is 9.23 Å². The molecule has 1 nitrogen and oxygen atoms in total. The van der Waals surface area contributed by atoms with Gasteiger partial charge in [-0.1, -0.05) is 73.8 Å². The van der Waals surface area contributed by atoms with E-state index in [4.69, 9.17) is 16.3 Å². The summed E-state index contributed by atoms with van der Waals surface area (Å²) in [4.78, 5) is 0. The van der Waals surface area contributed by atoms with E-state index in [1.807, 2.05) is 48.5 Å². The molecule has 0 saturated heterocycles. The van der Waals surface area contributed by atoms with Crippen LogP contribution in [0.25, 0.3) is 0 Å². The van der Waals surface area contributed by atoms with E-state index in [0.717, 1.165) is 26.0 Å². The summed E-state index contributed by atoms with van der Waals surface area (Å²) in [7, 11) is 0. The van der Waals surface area contributed by atoms with Gasteiger partial charge in [-0.05, 0) is 29.3 Å². The lowest BCUT2D eigenvalue weighted by molar-refractivity contribution is 0.0563. The maximum Gasteiger partial charge on any atom is 0.0926 e. The van der Waals surface area contributed by atoms with Gasteiger partial charge in [-0.15, -0.1) is 0 Å². The molecule has 1 unspecified atom stereocenters. The minimum absolute atomic E-state index is 0.00851. The van der Waals surface area contributed by atoms with Crippen molar-refractivity contribution in [1.82, 2.24) is 0 Å². The van der Waals surface area contributed by atoms with E-state index >= 15 is 0 Å². The first-order valence-corrected chi connectivity index (χ1v) is 8.16. The Hall–Kier alpha value is -0.350. The van der Waals surface area contributed by atoms with Crippen LogP contribution in [0.15, 0.2) is 53.0 Å². The van der Waals surface area contributed by atoms with Crippen LogP contribution in [0.1, 0.15) is 17.2 Å².